The van der Waals surface area contributed by atoms with Gasteiger partial charge in [0.05, 0.1) is 6.67 Å². The van der Waals surface area contributed by atoms with Crippen LogP contribution in [0.3, 0.4) is 0 Å². The van der Waals surface area contributed by atoms with Gasteiger partial charge in [0.15, 0.2) is 0 Å². The zero-order valence-electron chi connectivity index (χ0n) is 15.5. The maximum absolute atomic E-state index is 11.9. The summed E-state index contributed by atoms with van der Waals surface area (Å²) >= 11 is 0. The third-order valence-electron chi connectivity index (χ3n) is 4.74. The van der Waals surface area contributed by atoms with Crippen LogP contribution in [0.4, 0.5) is 4.39 Å². The fourth-order valence-corrected chi connectivity index (χ4v) is 3.17. The van der Waals surface area contributed by atoms with Gasteiger partial charge in [-0.15, -0.1) is 0 Å². The lowest BCUT2D eigenvalue weighted by Crippen LogP contribution is -1.84. The molecule has 0 aromatic carbocycles. The average molecular weight is 315 g/mol. The Bertz CT molecular complexity index is 159. The molecule has 0 bridgehead atoms. The molecule has 0 atom stereocenters. The molecule has 0 saturated carbocycles. The van der Waals surface area contributed by atoms with Gasteiger partial charge in [-0.1, -0.05) is 122 Å². The van der Waals surface area contributed by atoms with E-state index in [9.17, 15) is 4.39 Å². The van der Waals surface area contributed by atoms with E-state index in [0.717, 1.165) is 12.8 Å². The molecule has 0 aliphatic carbocycles. The minimum absolute atomic E-state index is 0.126. The smallest absolute Gasteiger partial charge is 0.0894 e. The van der Waals surface area contributed by atoms with Gasteiger partial charge in [-0.25, -0.2) is 0 Å². The van der Waals surface area contributed by atoms with E-state index in [1.807, 2.05) is 0 Å². The second-order valence-electron chi connectivity index (χ2n) is 7.05. The third kappa shape index (κ3) is 19.9. The molecular weight excluding hydrogens is 271 g/mol. The predicted octanol–water partition coefficient (Wildman–Crippen LogP) is 8.39. The van der Waals surface area contributed by atoms with Crippen LogP contribution < -0.4 is 0 Å². The summed E-state index contributed by atoms with van der Waals surface area (Å²) < 4.78 is 11.9. The van der Waals surface area contributed by atoms with Gasteiger partial charge in [-0.2, -0.15) is 0 Å². The summed E-state index contributed by atoms with van der Waals surface area (Å²) in [6.07, 6.45) is 25.9. The molecule has 0 aliphatic heterocycles. The highest BCUT2D eigenvalue weighted by Crippen LogP contribution is 2.14. The number of hydrogen-bond acceptors (Lipinski definition) is 0. The quantitative estimate of drug-likeness (QED) is 0.210. The van der Waals surface area contributed by atoms with Crippen LogP contribution in [0.1, 0.15) is 129 Å². The van der Waals surface area contributed by atoms with Gasteiger partial charge >= 0.3 is 0 Å². The van der Waals surface area contributed by atoms with Crippen LogP contribution in [-0.4, -0.2) is 6.67 Å². The molecule has 0 aromatic heterocycles. The molecule has 0 aromatic rings. The molecule has 22 heavy (non-hydrogen) atoms. The van der Waals surface area contributed by atoms with Crippen LogP contribution in [0.5, 0.6) is 0 Å². The highest BCUT2D eigenvalue weighted by molar-refractivity contribution is 4.50. The highest BCUT2D eigenvalue weighted by Gasteiger charge is 1.95. The number of alkyl halides is 1. The van der Waals surface area contributed by atoms with E-state index in [4.69, 9.17) is 0 Å². The van der Waals surface area contributed by atoms with E-state index in [1.54, 1.807) is 0 Å². The molecular formula is C21H43F. The first-order valence-electron chi connectivity index (χ1n) is 10.5. The van der Waals surface area contributed by atoms with Crippen molar-refractivity contribution in [3.05, 3.63) is 0 Å². The van der Waals surface area contributed by atoms with E-state index in [0.29, 0.717) is 0 Å². The van der Waals surface area contributed by atoms with E-state index in [1.165, 1.54) is 109 Å². The predicted molar refractivity (Wildman–Crippen MR) is 99.4 cm³/mol. The van der Waals surface area contributed by atoms with Crippen LogP contribution in [0.15, 0.2) is 0 Å². The summed E-state index contributed by atoms with van der Waals surface area (Å²) in [5.41, 5.74) is 0. The summed E-state index contributed by atoms with van der Waals surface area (Å²) in [6.45, 7) is 2.16. The van der Waals surface area contributed by atoms with Crippen molar-refractivity contribution < 1.29 is 4.39 Å². The molecule has 0 amide bonds. The zero-order chi connectivity index (χ0) is 16.1. The van der Waals surface area contributed by atoms with Crippen LogP contribution >= 0.6 is 0 Å². The molecule has 0 unspecified atom stereocenters. The molecule has 0 radical (unpaired) electrons. The summed E-state index contributed by atoms with van der Waals surface area (Å²) in [7, 11) is 0. The average Bonchev–Trinajstić information content (AvgIpc) is 2.54. The molecule has 0 fully saturated rings. The van der Waals surface area contributed by atoms with Crippen molar-refractivity contribution in [3.8, 4) is 0 Å². The lowest BCUT2D eigenvalue weighted by Gasteiger charge is -2.03. The van der Waals surface area contributed by atoms with Crippen LogP contribution in [-0.2, 0) is 0 Å². The standard InChI is InChI=1S/C21H43F/c1-2-3-4-5-6-7-8-9-10-11-12-13-14-15-16-17-18-19-20-21-22/h2-21H2,1H3. The fourth-order valence-electron chi connectivity index (χ4n) is 3.17. The second kappa shape index (κ2) is 20.9. The molecule has 134 valence electrons. The zero-order valence-corrected chi connectivity index (χ0v) is 15.5. The molecule has 0 spiro atoms. The summed E-state index contributed by atoms with van der Waals surface area (Å²) in [5.74, 6) is 0. The number of hydrogen-bond donors (Lipinski definition) is 0. The van der Waals surface area contributed by atoms with Gasteiger partial charge in [0.2, 0.25) is 0 Å². The maximum Gasteiger partial charge on any atom is 0.0894 e. The molecule has 0 aliphatic rings. The van der Waals surface area contributed by atoms with E-state index >= 15 is 0 Å². The van der Waals surface area contributed by atoms with Crippen LogP contribution in [0.2, 0.25) is 0 Å². The van der Waals surface area contributed by atoms with E-state index < -0.39 is 0 Å². The van der Waals surface area contributed by atoms with Crippen LogP contribution in [0.25, 0.3) is 0 Å². The van der Waals surface area contributed by atoms with E-state index in [-0.39, 0.29) is 6.67 Å². The molecule has 0 heterocycles. The minimum atomic E-state index is -0.126. The Morgan fingerprint density at radius 2 is 0.591 bits per heavy atom. The Kier molecular flexibility index (Phi) is 20.9. The van der Waals surface area contributed by atoms with Crippen molar-refractivity contribution in [1.29, 1.82) is 0 Å². The fraction of sp³-hybridized carbons (Fsp3) is 1.00. The van der Waals surface area contributed by atoms with Crippen molar-refractivity contribution in [2.24, 2.45) is 0 Å². The first-order valence-corrected chi connectivity index (χ1v) is 10.5. The SMILES string of the molecule is CCCCCCCCCCCCCCCCCCCCCF. The van der Waals surface area contributed by atoms with Crippen molar-refractivity contribution in [2.45, 2.75) is 129 Å². The Balaban J connectivity index is 2.91. The van der Waals surface area contributed by atoms with Gasteiger partial charge < -0.3 is 0 Å². The lowest BCUT2D eigenvalue weighted by molar-refractivity contribution is 0.448. The van der Waals surface area contributed by atoms with Crippen molar-refractivity contribution in [2.75, 3.05) is 6.67 Å². The first-order chi connectivity index (χ1) is 10.9. The van der Waals surface area contributed by atoms with Gasteiger partial charge in [0.1, 0.15) is 0 Å². The Hall–Kier alpha value is -0.0700. The highest BCUT2D eigenvalue weighted by atomic mass is 19.1. The maximum atomic E-state index is 11.9. The summed E-state index contributed by atoms with van der Waals surface area (Å²) in [4.78, 5) is 0. The largest absolute Gasteiger partial charge is 0.251 e. The minimum Gasteiger partial charge on any atom is -0.251 e. The number of unbranched alkanes of at least 4 members (excludes halogenated alkanes) is 18. The molecule has 1 heteroatoms. The monoisotopic (exact) mass is 314 g/mol. The van der Waals surface area contributed by atoms with E-state index in [2.05, 4.69) is 6.92 Å². The van der Waals surface area contributed by atoms with Gasteiger partial charge in [0.25, 0.3) is 0 Å². The normalized spacial score (nSPS) is 11.2. The molecule has 0 nitrogen and oxygen atoms in total. The topological polar surface area (TPSA) is 0 Å². The molecule has 0 N–H and O–H groups in total. The number of halogens is 1. The van der Waals surface area contributed by atoms with Crippen molar-refractivity contribution >= 4 is 0 Å². The summed E-state index contributed by atoms with van der Waals surface area (Å²) in [6, 6.07) is 0. The Labute approximate surface area is 140 Å². The van der Waals surface area contributed by atoms with Gasteiger partial charge in [0, 0.05) is 0 Å². The molecule has 0 rings (SSSR count). The van der Waals surface area contributed by atoms with Gasteiger partial charge in [-0.05, 0) is 6.42 Å². The van der Waals surface area contributed by atoms with Crippen molar-refractivity contribution in [3.63, 3.8) is 0 Å². The van der Waals surface area contributed by atoms with Crippen molar-refractivity contribution in [1.82, 2.24) is 0 Å². The van der Waals surface area contributed by atoms with Gasteiger partial charge in [-0.3, -0.25) is 4.39 Å². The second-order valence-corrected chi connectivity index (χ2v) is 7.05. The first kappa shape index (κ1) is 21.9. The Morgan fingerprint density at radius 1 is 0.364 bits per heavy atom. The number of rotatable bonds is 19. The Morgan fingerprint density at radius 3 is 0.818 bits per heavy atom. The van der Waals surface area contributed by atoms with Crippen LogP contribution in [0, 0.1) is 0 Å². The molecule has 0 saturated heterocycles. The summed E-state index contributed by atoms with van der Waals surface area (Å²) in [5, 5.41) is 0. The third-order valence-corrected chi connectivity index (χ3v) is 4.74. The lowest BCUT2D eigenvalue weighted by atomic mass is 10.0.